The van der Waals surface area contributed by atoms with Gasteiger partial charge in [-0.2, -0.15) is 0 Å². The Morgan fingerprint density at radius 1 is 1.50 bits per heavy atom. The van der Waals surface area contributed by atoms with Gasteiger partial charge in [-0.25, -0.2) is 0 Å². The lowest BCUT2D eigenvalue weighted by molar-refractivity contribution is -0.119. The number of carbonyl (C=O) groups is 2. The molecule has 0 radical (unpaired) electrons. The van der Waals surface area contributed by atoms with E-state index in [4.69, 9.17) is 5.73 Å². The first-order chi connectivity index (χ1) is 8.69. The average Bonchev–Trinajstić information content (AvgIpc) is 2.38. The van der Waals surface area contributed by atoms with Crippen LogP contribution in [0, 0.1) is 0 Å². The highest BCUT2D eigenvalue weighted by Crippen LogP contribution is 2.31. The summed E-state index contributed by atoms with van der Waals surface area (Å²) >= 11 is 1.54. The van der Waals surface area contributed by atoms with Crippen LogP contribution in [0.3, 0.4) is 0 Å². The van der Waals surface area contributed by atoms with Crippen molar-refractivity contribution in [2.24, 2.45) is 5.73 Å². The number of fused-ring (bicyclic) bond motifs is 1. The standard InChI is InChI=1S/C12H15N3O2S/c13-6-11(16)14-4-3-8-1-2-10-9(5-8)15-12(17)7-18-10/h1-2,5H,3-4,6-7,13H2,(H,14,16)(H,15,17). The van der Waals surface area contributed by atoms with Gasteiger partial charge in [0.2, 0.25) is 11.8 Å². The molecule has 0 unspecified atom stereocenters. The number of hydrogen-bond acceptors (Lipinski definition) is 4. The third kappa shape index (κ3) is 3.24. The number of hydrogen-bond donors (Lipinski definition) is 3. The fraction of sp³-hybridized carbons (Fsp3) is 0.333. The molecule has 1 heterocycles. The van der Waals surface area contributed by atoms with Gasteiger partial charge >= 0.3 is 0 Å². The van der Waals surface area contributed by atoms with E-state index in [9.17, 15) is 9.59 Å². The number of amides is 2. The van der Waals surface area contributed by atoms with Crippen molar-refractivity contribution in [3.63, 3.8) is 0 Å². The van der Waals surface area contributed by atoms with E-state index in [1.807, 2.05) is 18.2 Å². The smallest absolute Gasteiger partial charge is 0.234 e. The molecule has 6 heteroatoms. The van der Waals surface area contributed by atoms with Crippen LogP contribution in [0.25, 0.3) is 0 Å². The van der Waals surface area contributed by atoms with E-state index < -0.39 is 0 Å². The number of thioether (sulfide) groups is 1. The Labute approximate surface area is 110 Å². The molecule has 0 aromatic heterocycles. The predicted octanol–water partition coefficient (Wildman–Crippen LogP) is 0.348. The minimum Gasteiger partial charge on any atom is -0.355 e. The molecule has 1 aromatic rings. The maximum atomic E-state index is 11.3. The fourth-order valence-corrected chi connectivity index (χ4v) is 2.49. The molecule has 0 spiro atoms. The van der Waals surface area contributed by atoms with Crippen LogP contribution >= 0.6 is 11.8 Å². The first kappa shape index (κ1) is 12.9. The number of benzene rings is 1. The quantitative estimate of drug-likeness (QED) is 0.733. The normalized spacial score (nSPS) is 13.7. The molecule has 2 rings (SSSR count). The molecule has 2 amide bonds. The Morgan fingerprint density at radius 2 is 2.33 bits per heavy atom. The Bertz CT molecular complexity index is 476. The molecule has 0 fully saturated rings. The average molecular weight is 265 g/mol. The van der Waals surface area contributed by atoms with Gasteiger partial charge in [-0.05, 0) is 24.1 Å². The lowest BCUT2D eigenvalue weighted by atomic mass is 10.1. The molecular weight excluding hydrogens is 250 g/mol. The highest BCUT2D eigenvalue weighted by Gasteiger charge is 2.15. The lowest BCUT2D eigenvalue weighted by Gasteiger charge is -2.17. The van der Waals surface area contributed by atoms with E-state index in [1.165, 1.54) is 11.8 Å². The van der Waals surface area contributed by atoms with Gasteiger partial charge in [-0.1, -0.05) is 6.07 Å². The first-order valence-corrected chi connectivity index (χ1v) is 6.70. The zero-order valence-electron chi connectivity index (χ0n) is 9.86. The third-order valence-corrected chi connectivity index (χ3v) is 3.67. The van der Waals surface area contributed by atoms with Crippen LogP contribution in [0.15, 0.2) is 23.1 Å². The second-order valence-electron chi connectivity index (χ2n) is 3.97. The predicted molar refractivity (Wildman–Crippen MR) is 71.6 cm³/mol. The zero-order valence-corrected chi connectivity index (χ0v) is 10.7. The monoisotopic (exact) mass is 265 g/mol. The van der Waals surface area contributed by atoms with Crippen LogP contribution in [0.5, 0.6) is 0 Å². The maximum Gasteiger partial charge on any atom is 0.234 e. The largest absolute Gasteiger partial charge is 0.355 e. The Kier molecular flexibility index (Phi) is 4.22. The van der Waals surface area contributed by atoms with E-state index in [-0.39, 0.29) is 18.4 Å². The molecule has 0 atom stereocenters. The van der Waals surface area contributed by atoms with Crippen molar-refractivity contribution in [3.05, 3.63) is 23.8 Å². The number of nitrogens with two attached hydrogens (primary N) is 1. The molecule has 0 bridgehead atoms. The second kappa shape index (κ2) is 5.88. The third-order valence-electron chi connectivity index (χ3n) is 2.60. The Hall–Kier alpha value is -1.53. The van der Waals surface area contributed by atoms with E-state index in [0.717, 1.165) is 22.6 Å². The topological polar surface area (TPSA) is 84.2 Å². The minimum absolute atomic E-state index is 0.0108. The second-order valence-corrected chi connectivity index (χ2v) is 4.99. The van der Waals surface area contributed by atoms with Crippen LogP contribution in [-0.2, 0) is 16.0 Å². The number of anilines is 1. The van der Waals surface area contributed by atoms with Crippen LogP contribution in [0.1, 0.15) is 5.56 Å². The highest BCUT2D eigenvalue weighted by molar-refractivity contribution is 8.00. The van der Waals surface area contributed by atoms with E-state index in [1.54, 1.807) is 0 Å². The van der Waals surface area contributed by atoms with E-state index in [0.29, 0.717) is 12.3 Å². The summed E-state index contributed by atoms with van der Waals surface area (Å²) in [6, 6.07) is 5.96. The summed E-state index contributed by atoms with van der Waals surface area (Å²) in [6.45, 7) is 0.562. The summed E-state index contributed by atoms with van der Waals surface area (Å²) in [4.78, 5) is 23.3. The van der Waals surface area contributed by atoms with Crippen LogP contribution in [-0.4, -0.2) is 30.7 Å². The van der Waals surface area contributed by atoms with Gasteiger partial charge < -0.3 is 16.4 Å². The van der Waals surface area contributed by atoms with Gasteiger partial charge in [0.1, 0.15) is 0 Å². The van der Waals surface area contributed by atoms with Crippen molar-refractivity contribution in [2.45, 2.75) is 11.3 Å². The Morgan fingerprint density at radius 3 is 3.11 bits per heavy atom. The molecule has 18 heavy (non-hydrogen) atoms. The van der Waals surface area contributed by atoms with Crippen molar-refractivity contribution in [2.75, 3.05) is 24.2 Å². The highest BCUT2D eigenvalue weighted by atomic mass is 32.2. The summed E-state index contributed by atoms with van der Waals surface area (Å²) in [7, 11) is 0. The van der Waals surface area contributed by atoms with Gasteiger partial charge in [0.25, 0.3) is 0 Å². The summed E-state index contributed by atoms with van der Waals surface area (Å²) < 4.78 is 0. The van der Waals surface area contributed by atoms with Crippen molar-refractivity contribution >= 4 is 29.3 Å². The molecule has 1 aliphatic heterocycles. The van der Waals surface area contributed by atoms with Crippen LogP contribution in [0.2, 0.25) is 0 Å². The minimum atomic E-state index is -0.156. The summed E-state index contributed by atoms with van der Waals surface area (Å²) in [5.74, 6) is 0.344. The molecule has 96 valence electrons. The maximum absolute atomic E-state index is 11.3. The number of carbonyl (C=O) groups excluding carboxylic acids is 2. The van der Waals surface area contributed by atoms with Crippen molar-refractivity contribution in [1.82, 2.24) is 5.32 Å². The molecule has 5 nitrogen and oxygen atoms in total. The molecule has 0 saturated heterocycles. The molecule has 1 aliphatic rings. The van der Waals surface area contributed by atoms with E-state index in [2.05, 4.69) is 10.6 Å². The van der Waals surface area contributed by atoms with Gasteiger partial charge in [0.15, 0.2) is 0 Å². The van der Waals surface area contributed by atoms with Gasteiger partial charge in [0, 0.05) is 11.4 Å². The first-order valence-electron chi connectivity index (χ1n) is 5.71. The summed E-state index contributed by atoms with van der Waals surface area (Å²) in [5, 5.41) is 5.56. The number of rotatable bonds is 4. The van der Waals surface area contributed by atoms with Crippen molar-refractivity contribution < 1.29 is 9.59 Å². The van der Waals surface area contributed by atoms with Gasteiger partial charge in [-0.3, -0.25) is 9.59 Å². The van der Waals surface area contributed by atoms with E-state index >= 15 is 0 Å². The van der Waals surface area contributed by atoms with Crippen LogP contribution < -0.4 is 16.4 Å². The summed E-state index contributed by atoms with van der Waals surface area (Å²) in [5.41, 5.74) is 7.13. The van der Waals surface area contributed by atoms with Crippen molar-refractivity contribution in [1.29, 1.82) is 0 Å². The molecular formula is C12H15N3O2S. The molecule has 0 aliphatic carbocycles. The number of nitrogens with one attached hydrogen (secondary N) is 2. The zero-order chi connectivity index (χ0) is 13.0. The Balaban J connectivity index is 1.96. The fourth-order valence-electron chi connectivity index (χ4n) is 1.70. The molecule has 0 saturated carbocycles. The van der Waals surface area contributed by atoms with Crippen LogP contribution in [0.4, 0.5) is 5.69 Å². The lowest BCUT2D eigenvalue weighted by Crippen LogP contribution is -2.31. The summed E-state index contributed by atoms with van der Waals surface area (Å²) in [6.07, 6.45) is 0.722. The SMILES string of the molecule is NCC(=O)NCCc1ccc2c(c1)NC(=O)CS2. The van der Waals surface area contributed by atoms with Crippen molar-refractivity contribution in [3.8, 4) is 0 Å². The van der Waals surface area contributed by atoms with Gasteiger partial charge in [0.05, 0.1) is 18.0 Å². The molecule has 1 aromatic carbocycles. The van der Waals surface area contributed by atoms with Gasteiger partial charge in [-0.15, -0.1) is 11.8 Å². The molecule has 4 N–H and O–H groups in total.